The molecule has 1 fully saturated rings. The van der Waals surface area contributed by atoms with Crippen molar-refractivity contribution in [2.45, 2.75) is 38.8 Å². The Labute approximate surface area is 134 Å². The normalized spacial score (nSPS) is 17.8. The molecule has 0 radical (unpaired) electrons. The lowest BCUT2D eigenvalue weighted by Gasteiger charge is -2.22. The first-order valence-electron chi connectivity index (χ1n) is 7.27. The first-order valence-corrected chi connectivity index (χ1v) is 7.65. The Bertz CT molecular complexity index is 563. The largest absolute Gasteiger partial charge is 0.489 e. The quantitative estimate of drug-likeness (QED) is 0.796. The summed E-state index contributed by atoms with van der Waals surface area (Å²) in [4.78, 5) is 23.5. The van der Waals surface area contributed by atoms with Crippen LogP contribution in [0.3, 0.4) is 0 Å². The Morgan fingerprint density at radius 3 is 2.86 bits per heavy atom. The van der Waals surface area contributed by atoms with Gasteiger partial charge in [0.1, 0.15) is 11.8 Å². The number of urea groups is 1. The number of halogens is 1. The molecule has 0 aromatic heterocycles. The standard InChI is InChI=1S/C15H20ClN3O3/c1-9(2)22-13-6-5-10(8-11(13)16)18-15(21)19-12-4-3-7-17-14(12)20/h5-6,8-9,12H,3-4,7H2,1-2H3,(H,17,20)(H2,18,19,21)/t12-/m1/s1. The maximum absolute atomic E-state index is 11.9. The minimum absolute atomic E-state index is 0.0180. The van der Waals surface area contributed by atoms with Crippen LogP contribution in [0.1, 0.15) is 26.7 Å². The molecule has 3 amide bonds. The molecule has 6 nitrogen and oxygen atoms in total. The highest BCUT2D eigenvalue weighted by Crippen LogP contribution is 2.28. The fourth-order valence-corrected chi connectivity index (χ4v) is 2.39. The van der Waals surface area contributed by atoms with Crippen molar-refractivity contribution in [3.05, 3.63) is 23.2 Å². The van der Waals surface area contributed by atoms with Gasteiger partial charge < -0.3 is 20.7 Å². The van der Waals surface area contributed by atoms with Gasteiger partial charge in [-0.15, -0.1) is 0 Å². The highest BCUT2D eigenvalue weighted by atomic mass is 35.5. The summed E-state index contributed by atoms with van der Waals surface area (Å²) in [6.07, 6.45) is 1.51. The zero-order valence-electron chi connectivity index (χ0n) is 12.6. The van der Waals surface area contributed by atoms with E-state index in [0.29, 0.717) is 29.4 Å². The van der Waals surface area contributed by atoms with Gasteiger partial charge in [-0.3, -0.25) is 4.79 Å². The summed E-state index contributed by atoms with van der Waals surface area (Å²) in [7, 11) is 0. The smallest absolute Gasteiger partial charge is 0.319 e. The van der Waals surface area contributed by atoms with E-state index in [9.17, 15) is 9.59 Å². The molecular formula is C15H20ClN3O3. The van der Waals surface area contributed by atoms with Crippen molar-refractivity contribution in [1.29, 1.82) is 0 Å². The van der Waals surface area contributed by atoms with E-state index < -0.39 is 12.1 Å². The molecule has 120 valence electrons. The summed E-state index contributed by atoms with van der Waals surface area (Å²) in [6.45, 7) is 4.47. The van der Waals surface area contributed by atoms with E-state index in [1.54, 1.807) is 18.2 Å². The van der Waals surface area contributed by atoms with Crippen LogP contribution in [0.4, 0.5) is 10.5 Å². The summed E-state index contributed by atoms with van der Waals surface area (Å²) >= 11 is 6.11. The summed E-state index contributed by atoms with van der Waals surface area (Å²) in [5, 5.41) is 8.44. The Morgan fingerprint density at radius 1 is 1.45 bits per heavy atom. The number of hydrogen-bond donors (Lipinski definition) is 3. The van der Waals surface area contributed by atoms with Crippen LogP contribution in [0.25, 0.3) is 0 Å². The van der Waals surface area contributed by atoms with Crippen LogP contribution in [-0.2, 0) is 4.79 Å². The number of anilines is 1. The number of hydrogen-bond acceptors (Lipinski definition) is 3. The fraction of sp³-hybridized carbons (Fsp3) is 0.467. The van der Waals surface area contributed by atoms with Crippen LogP contribution in [0, 0.1) is 0 Å². The van der Waals surface area contributed by atoms with Crippen molar-refractivity contribution in [1.82, 2.24) is 10.6 Å². The van der Waals surface area contributed by atoms with Crippen molar-refractivity contribution in [3.63, 3.8) is 0 Å². The molecule has 0 aliphatic carbocycles. The predicted octanol–water partition coefficient (Wildman–Crippen LogP) is 2.53. The zero-order chi connectivity index (χ0) is 16.1. The van der Waals surface area contributed by atoms with Gasteiger partial charge in [-0.1, -0.05) is 11.6 Å². The summed E-state index contributed by atoms with van der Waals surface area (Å²) < 4.78 is 5.53. The van der Waals surface area contributed by atoms with Gasteiger partial charge in [-0.2, -0.15) is 0 Å². The monoisotopic (exact) mass is 325 g/mol. The number of rotatable bonds is 4. The van der Waals surface area contributed by atoms with Crippen LogP contribution in [0.2, 0.25) is 5.02 Å². The lowest BCUT2D eigenvalue weighted by atomic mass is 10.1. The molecule has 0 unspecified atom stereocenters. The van der Waals surface area contributed by atoms with Crippen LogP contribution < -0.4 is 20.7 Å². The number of nitrogens with one attached hydrogen (secondary N) is 3. The average Bonchev–Trinajstić information content (AvgIpc) is 2.44. The van der Waals surface area contributed by atoms with E-state index in [2.05, 4.69) is 16.0 Å². The molecule has 0 bridgehead atoms. The van der Waals surface area contributed by atoms with Gasteiger partial charge in [0.15, 0.2) is 0 Å². The van der Waals surface area contributed by atoms with Crippen LogP contribution >= 0.6 is 11.6 Å². The van der Waals surface area contributed by atoms with Gasteiger partial charge in [-0.05, 0) is 44.9 Å². The Balaban J connectivity index is 1.93. The van der Waals surface area contributed by atoms with Crippen LogP contribution in [0.15, 0.2) is 18.2 Å². The zero-order valence-corrected chi connectivity index (χ0v) is 13.4. The van der Waals surface area contributed by atoms with Crippen molar-refractivity contribution < 1.29 is 14.3 Å². The molecule has 1 aliphatic heterocycles. The van der Waals surface area contributed by atoms with Crippen molar-refractivity contribution in [2.75, 3.05) is 11.9 Å². The first kappa shape index (κ1) is 16.4. The second-order valence-electron chi connectivity index (χ2n) is 5.40. The molecule has 2 rings (SSSR count). The maximum Gasteiger partial charge on any atom is 0.319 e. The highest BCUT2D eigenvalue weighted by Gasteiger charge is 2.23. The SMILES string of the molecule is CC(C)Oc1ccc(NC(=O)N[C@@H]2CCCNC2=O)cc1Cl. The molecule has 1 saturated heterocycles. The molecule has 0 spiro atoms. The minimum atomic E-state index is -0.493. The first-order chi connectivity index (χ1) is 10.5. The summed E-state index contributed by atoms with van der Waals surface area (Å²) in [5.74, 6) is 0.411. The number of ether oxygens (including phenoxy) is 1. The van der Waals surface area contributed by atoms with Gasteiger partial charge in [0, 0.05) is 12.2 Å². The number of amides is 3. The third-order valence-electron chi connectivity index (χ3n) is 3.14. The number of carbonyl (C=O) groups excluding carboxylic acids is 2. The Kier molecular flexibility index (Phi) is 5.49. The number of carbonyl (C=O) groups is 2. The number of benzene rings is 1. The van der Waals surface area contributed by atoms with Gasteiger partial charge in [0.2, 0.25) is 5.91 Å². The van der Waals surface area contributed by atoms with E-state index >= 15 is 0 Å². The average molecular weight is 326 g/mol. The van der Waals surface area contributed by atoms with Gasteiger partial charge in [0.05, 0.1) is 11.1 Å². The van der Waals surface area contributed by atoms with E-state index in [4.69, 9.17) is 16.3 Å². The molecule has 1 aliphatic rings. The van der Waals surface area contributed by atoms with Gasteiger partial charge >= 0.3 is 6.03 Å². The van der Waals surface area contributed by atoms with E-state index in [-0.39, 0.29) is 12.0 Å². The molecule has 1 aromatic rings. The molecular weight excluding hydrogens is 306 g/mol. The molecule has 1 aromatic carbocycles. The molecule has 7 heteroatoms. The third kappa shape index (κ3) is 4.53. The van der Waals surface area contributed by atoms with Crippen LogP contribution in [0.5, 0.6) is 5.75 Å². The summed E-state index contributed by atoms with van der Waals surface area (Å²) in [5.41, 5.74) is 0.537. The van der Waals surface area contributed by atoms with Crippen molar-refractivity contribution in [2.24, 2.45) is 0 Å². The fourth-order valence-electron chi connectivity index (χ4n) is 2.16. The number of piperidine rings is 1. The molecule has 3 N–H and O–H groups in total. The molecule has 1 atom stereocenters. The maximum atomic E-state index is 11.9. The van der Waals surface area contributed by atoms with E-state index in [0.717, 1.165) is 6.42 Å². The minimum Gasteiger partial charge on any atom is -0.489 e. The lowest BCUT2D eigenvalue weighted by molar-refractivity contribution is -0.124. The van der Waals surface area contributed by atoms with E-state index in [1.807, 2.05) is 13.8 Å². The second kappa shape index (κ2) is 7.35. The molecule has 1 heterocycles. The Hall–Kier alpha value is -1.95. The Morgan fingerprint density at radius 2 is 2.23 bits per heavy atom. The van der Waals surface area contributed by atoms with Crippen molar-refractivity contribution in [3.8, 4) is 5.75 Å². The van der Waals surface area contributed by atoms with E-state index in [1.165, 1.54) is 0 Å². The topological polar surface area (TPSA) is 79.5 Å². The predicted molar refractivity (Wildman–Crippen MR) is 85.4 cm³/mol. The van der Waals surface area contributed by atoms with Crippen LogP contribution in [-0.4, -0.2) is 30.6 Å². The second-order valence-corrected chi connectivity index (χ2v) is 5.80. The molecule has 0 saturated carbocycles. The molecule has 22 heavy (non-hydrogen) atoms. The van der Waals surface area contributed by atoms with Gasteiger partial charge in [-0.25, -0.2) is 4.79 Å². The highest BCUT2D eigenvalue weighted by molar-refractivity contribution is 6.32. The lowest BCUT2D eigenvalue weighted by Crippen LogP contribution is -2.51. The third-order valence-corrected chi connectivity index (χ3v) is 3.44. The van der Waals surface area contributed by atoms with Gasteiger partial charge in [0.25, 0.3) is 0 Å². The summed E-state index contributed by atoms with van der Waals surface area (Å²) in [6, 6.07) is 4.08. The van der Waals surface area contributed by atoms with Crippen molar-refractivity contribution >= 4 is 29.2 Å².